The number of hydrogen-bond donors (Lipinski definition) is 9. The van der Waals surface area contributed by atoms with Gasteiger partial charge in [0.2, 0.25) is 35.4 Å². The van der Waals surface area contributed by atoms with Crippen LogP contribution in [0.15, 0.2) is 0 Å². The first-order valence-electron chi connectivity index (χ1n) is 20.0. The fourth-order valence-corrected chi connectivity index (χ4v) is 5.61. The predicted octanol–water partition coefficient (Wildman–Crippen LogP) is 1.46. The topological polar surface area (TPSA) is 304 Å². The van der Waals surface area contributed by atoms with Crippen LogP contribution in [0, 0.1) is 0 Å². The summed E-state index contributed by atoms with van der Waals surface area (Å²) < 4.78 is 0. The zero-order valence-electron chi connectivity index (χ0n) is 33.0. The lowest BCUT2D eigenvalue weighted by molar-refractivity contribution is -0.142. The first-order chi connectivity index (χ1) is 27.2. The highest BCUT2D eigenvalue weighted by atomic mass is 16.4. The first-order valence-corrected chi connectivity index (χ1v) is 20.0. The van der Waals surface area contributed by atoms with Crippen molar-refractivity contribution in [2.75, 3.05) is 26.2 Å². The Balaban J connectivity index is 4.14. The van der Waals surface area contributed by atoms with Crippen LogP contribution in [0.2, 0.25) is 0 Å². The fraction of sp³-hybridized carbons (Fsp3) is 0.737. The smallest absolute Gasteiger partial charge is 0.326 e. The summed E-state index contributed by atoms with van der Waals surface area (Å²) in [6, 6.07) is -2.53. The number of carbonyl (C=O) groups excluding carboxylic acids is 7. The molecule has 0 aliphatic rings. The molecule has 0 aliphatic heterocycles. The van der Waals surface area contributed by atoms with Crippen LogP contribution in [0.1, 0.15) is 141 Å². The van der Waals surface area contributed by atoms with Gasteiger partial charge in [0, 0.05) is 38.6 Å². The van der Waals surface area contributed by atoms with Gasteiger partial charge in [-0.3, -0.25) is 38.4 Å². The molecule has 0 heterocycles. The Morgan fingerprint density at radius 1 is 0.421 bits per heavy atom. The number of carboxylic acids is 3. The van der Waals surface area contributed by atoms with Gasteiger partial charge < -0.3 is 52.0 Å². The Morgan fingerprint density at radius 3 is 1.40 bits per heavy atom. The van der Waals surface area contributed by atoms with Gasteiger partial charge in [0.15, 0.2) is 0 Å². The molecule has 0 unspecified atom stereocenters. The third-order valence-corrected chi connectivity index (χ3v) is 8.79. The fourth-order valence-electron chi connectivity index (χ4n) is 5.61. The van der Waals surface area contributed by atoms with Crippen molar-refractivity contribution < 1.29 is 63.3 Å². The lowest BCUT2D eigenvalue weighted by Gasteiger charge is -2.18. The normalized spacial score (nSPS) is 11.6. The van der Waals surface area contributed by atoms with E-state index in [1.54, 1.807) is 0 Å². The van der Waals surface area contributed by atoms with Crippen LogP contribution >= 0.6 is 0 Å². The highest BCUT2D eigenvalue weighted by molar-refractivity contribution is 5.92. The zero-order valence-corrected chi connectivity index (χ0v) is 33.0. The molecule has 0 aromatic rings. The second-order valence-electron chi connectivity index (χ2n) is 13.8. The van der Waals surface area contributed by atoms with Crippen molar-refractivity contribution in [3.63, 3.8) is 0 Å². The van der Waals surface area contributed by atoms with E-state index in [0.29, 0.717) is 12.7 Å². The maximum Gasteiger partial charge on any atom is 0.326 e. The molecule has 0 aromatic heterocycles. The molecule has 9 N–H and O–H groups in total. The number of hydrogen-bond acceptors (Lipinski definition) is 10. The molecule has 0 aromatic carbocycles. The van der Waals surface area contributed by atoms with E-state index in [9.17, 15) is 53.1 Å². The van der Waals surface area contributed by atoms with E-state index in [1.807, 2.05) is 0 Å². The van der Waals surface area contributed by atoms with Crippen LogP contribution in [-0.4, -0.2) is 113 Å². The van der Waals surface area contributed by atoms with Crippen LogP contribution in [0.25, 0.3) is 0 Å². The number of unbranched alkanes of at least 4 members (excludes halogenated alkanes) is 13. The van der Waals surface area contributed by atoms with E-state index in [4.69, 9.17) is 10.2 Å². The summed E-state index contributed by atoms with van der Waals surface area (Å²) >= 11 is 0. The van der Waals surface area contributed by atoms with E-state index in [0.717, 1.165) is 51.4 Å². The number of nitrogens with one attached hydrogen (secondary N) is 6. The minimum absolute atomic E-state index is 0.0822. The minimum Gasteiger partial charge on any atom is -0.481 e. The van der Waals surface area contributed by atoms with Gasteiger partial charge in [-0.15, -0.1) is 0 Å². The second kappa shape index (κ2) is 34.2. The molecule has 0 bridgehead atoms. The molecule has 19 nitrogen and oxygen atoms in total. The highest BCUT2D eigenvalue weighted by Gasteiger charge is 2.23. The van der Waals surface area contributed by atoms with Crippen molar-refractivity contribution in [3.8, 4) is 0 Å². The zero-order chi connectivity index (χ0) is 42.7. The van der Waals surface area contributed by atoms with Gasteiger partial charge in [-0.2, -0.15) is 0 Å². The summed E-state index contributed by atoms with van der Waals surface area (Å²) in [5.41, 5.74) is 0. The second-order valence-corrected chi connectivity index (χ2v) is 13.8. The average molecular weight is 813 g/mol. The first kappa shape index (κ1) is 51.9. The van der Waals surface area contributed by atoms with Crippen molar-refractivity contribution in [1.29, 1.82) is 0 Å². The number of carboxylic acid groups (broad SMARTS) is 3. The molecule has 0 saturated carbocycles. The third-order valence-electron chi connectivity index (χ3n) is 8.79. The molecule has 0 fully saturated rings. The molecule has 0 rings (SSSR count). The van der Waals surface area contributed by atoms with Crippen molar-refractivity contribution in [1.82, 2.24) is 31.9 Å². The van der Waals surface area contributed by atoms with E-state index in [2.05, 4.69) is 31.9 Å². The van der Waals surface area contributed by atoms with Crippen LogP contribution in [0.4, 0.5) is 0 Å². The van der Waals surface area contributed by atoms with Gasteiger partial charge in [-0.1, -0.05) is 77.0 Å². The number of rotatable bonds is 37. The summed E-state index contributed by atoms with van der Waals surface area (Å²) in [6.45, 7) is -1.23. The van der Waals surface area contributed by atoms with Gasteiger partial charge >= 0.3 is 17.9 Å². The maximum atomic E-state index is 12.4. The molecule has 0 spiro atoms. The summed E-state index contributed by atoms with van der Waals surface area (Å²) in [7, 11) is 0. The quantitative estimate of drug-likeness (QED) is 0.0318. The molecule has 19 heteroatoms. The van der Waals surface area contributed by atoms with Gasteiger partial charge in [-0.05, 0) is 32.1 Å². The average Bonchev–Trinajstić information content (AvgIpc) is 3.16. The largest absolute Gasteiger partial charge is 0.481 e. The molecular formula is C38H64N6O13. The Kier molecular flexibility index (Phi) is 31.1. The van der Waals surface area contributed by atoms with Gasteiger partial charge in [0.05, 0.1) is 19.6 Å². The van der Waals surface area contributed by atoms with E-state index in [1.165, 1.54) is 32.1 Å². The van der Waals surface area contributed by atoms with Crippen LogP contribution in [-0.2, 0) is 47.9 Å². The van der Waals surface area contributed by atoms with Crippen molar-refractivity contribution in [3.05, 3.63) is 0 Å². The summed E-state index contributed by atoms with van der Waals surface area (Å²) in [5, 5.41) is 41.2. The summed E-state index contributed by atoms with van der Waals surface area (Å²) in [6.07, 6.45) is 14.6. The SMILES string of the molecule is O=CCNC(=O)CNC(=O)[C@H](CCC(=O)O)NC(=O)CNC(=O)CCCNC(=O)CC[C@H](NC(=O)CCCCCCCCCCCCCCCCC(=O)O)C(=O)O. The van der Waals surface area contributed by atoms with Gasteiger partial charge in [0.1, 0.15) is 18.4 Å². The number of aldehydes is 1. The van der Waals surface area contributed by atoms with Gasteiger partial charge in [-0.25, -0.2) is 4.79 Å². The lowest BCUT2D eigenvalue weighted by atomic mass is 10.0. The van der Waals surface area contributed by atoms with E-state index >= 15 is 0 Å². The highest BCUT2D eigenvalue weighted by Crippen LogP contribution is 2.14. The number of carbonyl (C=O) groups is 10. The van der Waals surface area contributed by atoms with E-state index < -0.39 is 79.0 Å². The van der Waals surface area contributed by atoms with Crippen molar-refractivity contribution in [2.24, 2.45) is 0 Å². The third kappa shape index (κ3) is 32.8. The molecule has 6 amide bonds. The molecule has 0 aliphatic carbocycles. The molecule has 57 heavy (non-hydrogen) atoms. The molecule has 2 atom stereocenters. The monoisotopic (exact) mass is 812 g/mol. The Labute approximate surface area is 334 Å². The molecule has 0 saturated heterocycles. The maximum absolute atomic E-state index is 12.4. The standard InChI is InChI=1S/C38H64N6O13/c45-25-24-40-33(49)26-42-37(55)28(20-22-36(53)54)43-34(50)27-41-30(46)17-15-23-39-31(47)21-19-29(38(56)57)44-32(48)16-13-11-9-7-5-3-1-2-4-6-8-10-12-14-18-35(51)52/h25,28-29H,1-24,26-27H2,(H,39,47)(H,40,49)(H,41,46)(H,42,55)(H,43,50)(H,44,48)(H,51,52)(H,53,54)(H,56,57)/t28-,29-/m0/s1. The minimum atomic E-state index is -1.31. The lowest BCUT2D eigenvalue weighted by Crippen LogP contribution is -2.51. The molecule has 324 valence electrons. The van der Waals surface area contributed by atoms with Crippen LogP contribution < -0.4 is 31.9 Å². The Bertz CT molecular complexity index is 1280. The number of aliphatic carboxylic acids is 3. The van der Waals surface area contributed by atoms with Crippen molar-refractivity contribution in [2.45, 2.75) is 153 Å². The van der Waals surface area contributed by atoms with E-state index in [-0.39, 0.29) is 63.9 Å². The Hall–Kier alpha value is -5.10. The molecule has 0 radical (unpaired) electrons. The van der Waals surface area contributed by atoms with Gasteiger partial charge in [0.25, 0.3) is 0 Å². The number of amides is 6. The molecular weight excluding hydrogens is 748 g/mol. The summed E-state index contributed by atoms with van der Waals surface area (Å²) in [4.78, 5) is 117. The van der Waals surface area contributed by atoms with Crippen LogP contribution in [0.5, 0.6) is 0 Å². The predicted molar refractivity (Wildman–Crippen MR) is 206 cm³/mol. The summed E-state index contributed by atoms with van der Waals surface area (Å²) in [5.74, 6) is -6.91. The Morgan fingerprint density at radius 2 is 0.877 bits per heavy atom. The van der Waals surface area contributed by atoms with Crippen molar-refractivity contribution >= 4 is 59.6 Å². The van der Waals surface area contributed by atoms with Crippen LogP contribution in [0.3, 0.4) is 0 Å².